The van der Waals surface area contributed by atoms with Crippen LogP contribution in [0.1, 0.15) is 44.5 Å². The molecule has 1 N–H and O–H groups in total. The number of hydrogen-bond acceptors (Lipinski definition) is 5. The second kappa shape index (κ2) is 10.4. The van der Waals surface area contributed by atoms with Gasteiger partial charge in [0, 0.05) is 58.3 Å². The predicted octanol–water partition coefficient (Wildman–Crippen LogP) is 2.39. The van der Waals surface area contributed by atoms with Crippen LogP contribution in [0.3, 0.4) is 0 Å². The van der Waals surface area contributed by atoms with Gasteiger partial charge in [0.05, 0.1) is 17.7 Å². The molecule has 3 amide bonds. The van der Waals surface area contributed by atoms with E-state index in [-0.39, 0.29) is 42.4 Å². The quantitative estimate of drug-likeness (QED) is 0.813. The Bertz CT molecular complexity index is 782. The Morgan fingerprint density at radius 3 is 2.57 bits per heavy atom. The van der Waals surface area contributed by atoms with Gasteiger partial charge in [0.25, 0.3) is 5.91 Å². The van der Waals surface area contributed by atoms with Gasteiger partial charge in [0.1, 0.15) is 12.4 Å². The van der Waals surface area contributed by atoms with Crippen LogP contribution in [0.4, 0.5) is 5.69 Å². The molecule has 0 unspecified atom stereocenters. The van der Waals surface area contributed by atoms with E-state index in [4.69, 9.17) is 9.47 Å². The Morgan fingerprint density at radius 1 is 1.27 bits per heavy atom. The summed E-state index contributed by atoms with van der Waals surface area (Å²) in [4.78, 5) is 40.5. The van der Waals surface area contributed by atoms with Crippen molar-refractivity contribution < 1.29 is 23.9 Å². The number of fused-ring (bicyclic) bond motifs is 1. The first kappa shape index (κ1) is 23.7. The minimum absolute atomic E-state index is 0.0297. The first-order valence-electron chi connectivity index (χ1n) is 10.3. The molecule has 1 aromatic rings. The number of amides is 3. The van der Waals surface area contributed by atoms with E-state index in [9.17, 15) is 14.4 Å². The summed E-state index contributed by atoms with van der Waals surface area (Å²) in [6.45, 7) is 8.34. The Morgan fingerprint density at radius 2 is 1.97 bits per heavy atom. The van der Waals surface area contributed by atoms with Crippen molar-refractivity contribution in [3.8, 4) is 5.75 Å². The van der Waals surface area contributed by atoms with Crippen molar-refractivity contribution in [3.63, 3.8) is 0 Å². The molecule has 0 aromatic heterocycles. The van der Waals surface area contributed by atoms with Gasteiger partial charge in [-0.1, -0.05) is 13.8 Å². The topological polar surface area (TPSA) is 88.2 Å². The molecule has 0 spiro atoms. The molecule has 3 atom stereocenters. The van der Waals surface area contributed by atoms with Gasteiger partial charge in [0.15, 0.2) is 0 Å². The molecule has 0 saturated heterocycles. The summed E-state index contributed by atoms with van der Waals surface area (Å²) in [5.41, 5.74) is 0.958. The van der Waals surface area contributed by atoms with Crippen molar-refractivity contribution in [3.05, 3.63) is 23.8 Å². The van der Waals surface area contributed by atoms with E-state index in [1.807, 2.05) is 13.8 Å². The largest absolute Gasteiger partial charge is 0.491 e. The van der Waals surface area contributed by atoms with E-state index in [2.05, 4.69) is 5.32 Å². The normalized spacial score (nSPS) is 23.0. The van der Waals surface area contributed by atoms with Gasteiger partial charge in [-0.25, -0.2) is 0 Å². The smallest absolute Gasteiger partial charge is 0.257 e. The number of ether oxygens (including phenoxy) is 2. The van der Waals surface area contributed by atoms with E-state index in [0.29, 0.717) is 36.5 Å². The lowest BCUT2D eigenvalue weighted by atomic mass is 10.0. The van der Waals surface area contributed by atoms with Gasteiger partial charge < -0.3 is 24.6 Å². The molecule has 30 heavy (non-hydrogen) atoms. The summed E-state index contributed by atoms with van der Waals surface area (Å²) < 4.78 is 11.6. The van der Waals surface area contributed by atoms with E-state index in [0.717, 1.165) is 0 Å². The number of anilines is 1. The number of methoxy groups -OCH3 is 1. The number of carbonyl (C=O) groups is 3. The van der Waals surface area contributed by atoms with E-state index in [1.165, 1.54) is 0 Å². The predicted molar refractivity (Wildman–Crippen MR) is 115 cm³/mol. The van der Waals surface area contributed by atoms with E-state index >= 15 is 0 Å². The first-order valence-corrected chi connectivity index (χ1v) is 10.3. The maximum absolute atomic E-state index is 13.1. The van der Waals surface area contributed by atoms with Gasteiger partial charge in [-0.15, -0.1) is 0 Å². The van der Waals surface area contributed by atoms with Crippen LogP contribution in [0.25, 0.3) is 0 Å². The zero-order chi connectivity index (χ0) is 22.4. The Hall–Kier alpha value is -2.61. The molecule has 166 valence electrons. The lowest BCUT2D eigenvalue weighted by molar-refractivity contribution is -0.133. The molecule has 0 saturated carbocycles. The molecule has 1 aromatic carbocycles. The van der Waals surface area contributed by atoms with Crippen LogP contribution >= 0.6 is 0 Å². The third-order valence-electron chi connectivity index (χ3n) is 5.46. The van der Waals surface area contributed by atoms with Gasteiger partial charge in [-0.3, -0.25) is 14.4 Å². The summed E-state index contributed by atoms with van der Waals surface area (Å²) in [6, 6.07) is 4.80. The molecule has 0 radical (unpaired) electrons. The van der Waals surface area contributed by atoms with Crippen LogP contribution in [0, 0.1) is 5.92 Å². The molecule has 0 fully saturated rings. The van der Waals surface area contributed by atoms with Crippen molar-refractivity contribution in [2.45, 2.75) is 46.3 Å². The number of rotatable bonds is 3. The van der Waals surface area contributed by atoms with Crippen molar-refractivity contribution >= 4 is 23.4 Å². The van der Waals surface area contributed by atoms with Crippen LogP contribution < -0.4 is 10.1 Å². The Labute approximate surface area is 178 Å². The Kier molecular flexibility index (Phi) is 8.23. The molecular formula is C22H33N3O5. The molecule has 8 heteroatoms. The minimum Gasteiger partial charge on any atom is -0.491 e. The molecule has 8 nitrogen and oxygen atoms in total. The number of nitrogens with zero attached hydrogens (tertiary/aromatic N) is 2. The maximum atomic E-state index is 13.1. The van der Waals surface area contributed by atoms with Crippen LogP contribution in [-0.4, -0.2) is 73.5 Å². The molecule has 2 rings (SSSR count). The summed E-state index contributed by atoms with van der Waals surface area (Å²) in [5.74, 6) is 0.0446. The van der Waals surface area contributed by atoms with Gasteiger partial charge >= 0.3 is 0 Å². The van der Waals surface area contributed by atoms with Crippen molar-refractivity contribution in [2.75, 3.05) is 39.2 Å². The average Bonchev–Trinajstić information content (AvgIpc) is 2.72. The summed E-state index contributed by atoms with van der Waals surface area (Å²) >= 11 is 0. The fourth-order valence-electron chi connectivity index (χ4n) is 3.54. The summed E-state index contributed by atoms with van der Waals surface area (Å²) in [5, 5.41) is 2.79. The maximum Gasteiger partial charge on any atom is 0.257 e. The Balaban J connectivity index is 2.44. The fourth-order valence-corrected chi connectivity index (χ4v) is 3.54. The molecular weight excluding hydrogens is 386 g/mol. The average molecular weight is 420 g/mol. The number of benzene rings is 1. The van der Waals surface area contributed by atoms with Gasteiger partial charge in [0.2, 0.25) is 11.8 Å². The van der Waals surface area contributed by atoms with E-state index < -0.39 is 0 Å². The van der Waals surface area contributed by atoms with Gasteiger partial charge in [-0.2, -0.15) is 0 Å². The zero-order valence-corrected chi connectivity index (χ0v) is 18.7. The number of likely N-dealkylation sites (N-methyl/N-ethyl adjacent to an activating group) is 1. The standard InChI is InChI=1S/C22H33N3O5/c1-7-21(27)23-17-8-9-18-19(10-17)30-13-15(3)25(16(4)26)11-14(2)20(29-6)12-24(5)22(18)28/h8-10,14-15,20H,7,11-13H2,1-6H3,(H,23,27)/t14-,15-,20+/m1/s1. The first-order chi connectivity index (χ1) is 14.2. The second-order valence-corrected chi connectivity index (χ2v) is 7.88. The van der Waals surface area contributed by atoms with E-state index in [1.54, 1.807) is 56.0 Å². The van der Waals surface area contributed by atoms with Crippen LogP contribution in [0.5, 0.6) is 5.75 Å². The molecule has 1 aliphatic heterocycles. The van der Waals surface area contributed by atoms with Crippen molar-refractivity contribution in [2.24, 2.45) is 5.92 Å². The third kappa shape index (κ3) is 5.72. The highest BCUT2D eigenvalue weighted by atomic mass is 16.5. The molecule has 0 bridgehead atoms. The van der Waals surface area contributed by atoms with Crippen molar-refractivity contribution in [1.29, 1.82) is 0 Å². The highest BCUT2D eigenvalue weighted by Crippen LogP contribution is 2.27. The van der Waals surface area contributed by atoms with Crippen molar-refractivity contribution in [1.82, 2.24) is 9.80 Å². The lowest BCUT2D eigenvalue weighted by Gasteiger charge is -2.35. The highest BCUT2D eigenvalue weighted by molar-refractivity contribution is 5.98. The highest BCUT2D eigenvalue weighted by Gasteiger charge is 2.29. The molecule has 1 heterocycles. The number of carbonyl (C=O) groups excluding carboxylic acids is 3. The zero-order valence-electron chi connectivity index (χ0n) is 18.7. The molecule has 1 aliphatic rings. The fraction of sp³-hybridized carbons (Fsp3) is 0.591. The number of nitrogens with one attached hydrogen (secondary N) is 1. The van der Waals surface area contributed by atoms with Crippen LogP contribution in [-0.2, 0) is 14.3 Å². The second-order valence-electron chi connectivity index (χ2n) is 7.88. The van der Waals surface area contributed by atoms with Crippen LogP contribution in [0.15, 0.2) is 18.2 Å². The SMILES string of the molecule is CCC(=O)Nc1ccc2c(c1)OC[C@@H](C)N(C(C)=O)C[C@@H](C)[C@@H](OC)CN(C)C2=O. The summed E-state index contributed by atoms with van der Waals surface area (Å²) in [6.07, 6.45) is 0.126. The summed E-state index contributed by atoms with van der Waals surface area (Å²) in [7, 11) is 3.33. The molecule has 0 aliphatic carbocycles. The minimum atomic E-state index is -0.222. The third-order valence-corrected chi connectivity index (χ3v) is 5.46. The monoisotopic (exact) mass is 419 g/mol. The van der Waals surface area contributed by atoms with Gasteiger partial charge in [-0.05, 0) is 19.1 Å². The lowest BCUT2D eigenvalue weighted by Crippen LogP contribution is -2.48. The number of hydrogen-bond donors (Lipinski definition) is 1. The van der Waals surface area contributed by atoms with Crippen LogP contribution in [0.2, 0.25) is 0 Å².